The molecular weight excluding hydrogens is 290 g/mol. The summed E-state index contributed by atoms with van der Waals surface area (Å²) in [5, 5.41) is 5.85. The molecule has 1 aliphatic heterocycles. The molecule has 0 aliphatic carbocycles. The van der Waals surface area contributed by atoms with Gasteiger partial charge in [0.15, 0.2) is 0 Å². The molecule has 1 aliphatic rings. The van der Waals surface area contributed by atoms with Gasteiger partial charge in [-0.25, -0.2) is 0 Å². The molecule has 1 aromatic carbocycles. The van der Waals surface area contributed by atoms with Gasteiger partial charge in [-0.1, -0.05) is 25.1 Å². The summed E-state index contributed by atoms with van der Waals surface area (Å²) in [7, 11) is 1.82. The van der Waals surface area contributed by atoms with Gasteiger partial charge in [-0.2, -0.15) is 0 Å². The van der Waals surface area contributed by atoms with Crippen LogP contribution in [0.1, 0.15) is 12.5 Å². The summed E-state index contributed by atoms with van der Waals surface area (Å²) in [5.41, 5.74) is 2.03. The standard InChI is InChI=1S/C15H21N3O2.ClH/c1-11(10-16-2)15(20)17-7-8-18-13-6-4-3-5-12(13)9-14(18)19;/h3-6,11,16H,7-10H2,1-2H3,(H,17,20);1H. The first-order valence-electron chi connectivity index (χ1n) is 6.94. The lowest BCUT2D eigenvalue weighted by molar-refractivity contribution is -0.124. The number of rotatable bonds is 6. The molecule has 0 spiro atoms. The zero-order valence-electron chi connectivity index (χ0n) is 12.4. The molecule has 1 unspecified atom stereocenters. The van der Waals surface area contributed by atoms with Crippen molar-refractivity contribution >= 4 is 29.9 Å². The number of amides is 2. The van der Waals surface area contributed by atoms with Gasteiger partial charge in [0.25, 0.3) is 0 Å². The SMILES string of the molecule is CNCC(C)C(=O)NCCN1C(=O)Cc2ccccc21.Cl. The van der Waals surface area contributed by atoms with Gasteiger partial charge in [0.05, 0.1) is 6.42 Å². The molecule has 1 atom stereocenters. The van der Waals surface area contributed by atoms with Gasteiger partial charge in [0.1, 0.15) is 0 Å². The fourth-order valence-corrected chi connectivity index (χ4v) is 2.43. The van der Waals surface area contributed by atoms with E-state index >= 15 is 0 Å². The molecule has 2 amide bonds. The minimum Gasteiger partial charge on any atom is -0.354 e. The number of nitrogens with one attached hydrogen (secondary N) is 2. The van der Waals surface area contributed by atoms with Gasteiger partial charge in [-0.3, -0.25) is 9.59 Å². The lowest BCUT2D eigenvalue weighted by Crippen LogP contribution is -2.40. The summed E-state index contributed by atoms with van der Waals surface area (Å²) in [6, 6.07) is 7.79. The number of para-hydroxylation sites is 1. The van der Waals surface area contributed by atoms with Gasteiger partial charge in [-0.15, -0.1) is 12.4 Å². The zero-order valence-corrected chi connectivity index (χ0v) is 13.2. The molecule has 0 saturated heterocycles. The van der Waals surface area contributed by atoms with Crippen LogP contribution in [0.15, 0.2) is 24.3 Å². The number of anilines is 1. The highest BCUT2D eigenvalue weighted by molar-refractivity contribution is 6.01. The molecule has 2 N–H and O–H groups in total. The van der Waals surface area contributed by atoms with Crippen LogP contribution < -0.4 is 15.5 Å². The van der Waals surface area contributed by atoms with Crippen LogP contribution in [0.25, 0.3) is 0 Å². The molecule has 116 valence electrons. The van der Waals surface area contributed by atoms with E-state index in [0.717, 1.165) is 11.3 Å². The lowest BCUT2D eigenvalue weighted by Gasteiger charge is -2.18. The van der Waals surface area contributed by atoms with Crippen molar-refractivity contribution in [2.75, 3.05) is 31.6 Å². The number of benzene rings is 1. The van der Waals surface area contributed by atoms with Gasteiger partial charge in [0.2, 0.25) is 11.8 Å². The summed E-state index contributed by atoms with van der Waals surface area (Å²) in [4.78, 5) is 25.5. The Bertz CT molecular complexity index is 507. The fourth-order valence-electron chi connectivity index (χ4n) is 2.43. The maximum absolute atomic E-state index is 11.9. The summed E-state index contributed by atoms with van der Waals surface area (Å²) in [5.74, 6) is 0.0459. The third kappa shape index (κ3) is 4.19. The third-order valence-electron chi connectivity index (χ3n) is 3.52. The van der Waals surface area contributed by atoms with E-state index in [0.29, 0.717) is 26.1 Å². The van der Waals surface area contributed by atoms with E-state index in [1.54, 1.807) is 4.90 Å². The molecular formula is C15H22ClN3O2. The number of carbonyl (C=O) groups is 2. The first kappa shape index (κ1) is 17.5. The maximum atomic E-state index is 11.9. The average molecular weight is 312 g/mol. The lowest BCUT2D eigenvalue weighted by atomic mass is 10.1. The predicted octanol–water partition coefficient (Wildman–Crippen LogP) is 0.969. The quantitative estimate of drug-likeness (QED) is 0.823. The Balaban J connectivity index is 0.00000220. The minimum absolute atomic E-state index is 0. The Morgan fingerprint density at radius 2 is 2.10 bits per heavy atom. The third-order valence-corrected chi connectivity index (χ3v) is 3.52. The van der Waals surface area contributed by atoms with Crippen LogP contribution in [-0.2, 0) is 16.0 Å². The van der Waals surface area contributed by atoms with Crippen molar-refractivity contribution in [3.63, 3.8) is 0 Å². The van der Waals surface area contributed by atoms with Crippen molar-refractivity contribution in [3.8, 4) is 0 Å². The van der Waals surface area contributed by atoms with Gasteiger partial charge in [-0.05, 0) is 18.7 Å². The first-order valence-corrected chi connectivity index (χ1v) is 6.94. The highest BCUT2D eigenvalue weighted by atomic mass is 35.5. The smallest absolute Gasteiger partial charge is 0.231 e. The van der Waals surface area contributed by atoms with Crippen molar-refractivity contribution in [1.82, 2.24) is 10.6 Å². The summed E-state index contributed by atoms with van der Waals surface area (Å²) < 4.78 is 0. The molecule has 0 saturated carbocycles. The maximum Gasteiger partial charge on any atom is 0.231 e. The Kier molecular flexibility index (Phi) is 6.65. The molecule has 1 aromatic rings. The number of hydrogen-bond donors (Lipinski definition) is 2. The predicted molar refractivity (Wildman–Crippen MR) is 85.8 cm³/mol. The molecule has 0 aromatic heterocycles. The van der Waals surface area contributed by atoms with Gasteiger partial charge < -0.3 is 15.5 Å². The van der Waals surface area contributed by atoms with E-state index in [4.69, 9.17) is 0 Å². The van der Waals surface area contributed by atoms with Gasteiger partial charge in [0, 0.05) is 31.2 Å². The average Bonchev–Trinajstić information content (AvgIpc) is 2.75. The molecule has 21 heavy (non-hydrogen) atoms. The summed E-state index contributed by atoms with van der Waals surface area (Å²) in [6.07, 6.45) is 0.459. The highest BCUT2D eigenvalue weighted by Gasteiger charge is 2.26. The van der Waals surface area contributed by atoms with Crippen LogP contribution in [0, 0.1) is 5.92 Å². The Morgan fingerprint density at radius 3 is 2.81 bits per heavy atom. The topological polar surface area (TPSA) is 61.4 Å². The monoisotopic (exact) mass is 311 g/mol. The summed E-state index contributed by atoms with van der Waals surface area (Å²) in [6.45, 7) is 3.53. The molecule has 1 heterocycles. The number of nitrogens with zero attached hydrogens (tertiary/aromatic N) is 1. The second kappa shape index (κ2) is 8.00. The van der Waals surface area contributed by atoms with Crippen LogP contribution in [0.2, 0.25) is 0 Å². The first-order chi connectivity index (χ1) is 9.63. The van der Waals surface area contributed by atoms with E-state index in [9.17, 15) is 9.59 Å². The molecule has 6 heteroatoms. The number of halogens is 1. The van der Waals surface area contributed by atoms with Crippen molar-refractivity contribution in [3.05, 3.63) is 29.8 Å². The molecule has 2 rings (SSSR count). The van der Waals surface area contributed by atoms with Crippen molar-refractivity contribution in [1.29, 1.82) is 0 Å². The fraction of sp³-hybridized carbons (Fsp3) is 0.467. The van der Waals surface area contributed by atoms with E-state index in [2.05, 4.69) is 10.6 Å². The molecule has 0 radical (unpaired) electrons. The normalized spacial score (nSPS) is 14.4. The van der Waals surface area contributed by atoms with Crippen LogP contribution in [0.5, 0.6) is 0 Å². The van der Waals surface area contributed by atoms with E-state index < -0.39 is 0 Å². The zero-order chi connectivity index (χ0) is 14.5. The Morgan fingerprint density at radius 1 is 1.38 bits per heavy atom. The Labute approximate surface area is 131 Å². The van der Waals surface area contributed by atoms with Crippen LogP contribution >= 0.6 is 12.4 Å². The second-order valence-corrected chi connectivity index (χ2v) is 5.10. The molecule has 0 fully saturated rings. The minimum atomic E-state index is -0.0680. The Hall–Kier alpha value is -1.59. The molecule has 0 bridgehead atoms. The number of fused-ring (bicyclic) bond motifs is 1. The van der Waals surface area contributed by atoms with E-state index in [1.165, 1.54) is 0 Å². The molecule has 5 nitrogen and oxygen atoms in total. The highest BCUT2D eigenvalue weighted by Crippen LogP contribution is 2.27. The van der Waals surface area contributed by atoms with Crippen LogP contribution in [-0.4, -0.2) is 38.5 Å². The van der Waals surface area contributed by atoms with Crippen molar-refractivity contribution in [2.24, 2.45) is 5.92 Å². The van der Waals surface area contributed by atoms with Crippen molar-refractivity contribution < 1.29 is 9.59 Å². The van der Waals surface area contributed by atoms with Gasteiger partial charge >= 0.3 is 0 Å². The van der Waals surface area contributed by atoms with E-state index in [1.807, 2.05) is 38.2 Å². The number of hydrogen-bond acceptors (Lipinski definition) is 3. The summed E-state index contributed by atoms with van der Waals surface area (Å²) >= 11 is 0. The van der Waals surface area contributed by atoms with Crippen molar-refractivity contribution in [2.45, 2.75) is 13.3 Å². The van der Waals surface area contributed by atoms with Crippen LogP contribution in [0.4, 0.5) is 5.69 Å². The van der Waals surface area contributed by atoms with Crippen LogP contribution in [0.3, 0.4) is 0 Å². The largest absolute Gasteiger partial charge is 0.354 e. The second-order valence-electron chi connectivity index (χ2n) is 5.10. The number of carbonyl (C=O) groups excluding carboxylic acids is 2. The van der Waals surface area contributed by atoms with E-state index in [-0.39, 0.29) is 30.1 Å².